The number of rotatable bonds is 7. The number of halogens is 3. The van der Waals surface area contributed by atoms with E-state index in [9.17, 15) is 22.8 Å². The van der Waals surface area contributed by atoms with Crippen LogP contribution in [0.2, 0.25) is 0 Å². The predicted octanol–water partition coefficient (Wildman–Crippen LogP) is 3.83. The molecular formula is C23H19F3N4O4. The van der Waals surface area contributed by atoms with Crippen molar-refractivity contribution in [1.29, 1.82) is 0 Å². The van der Waals surface area contributed by atoms with Gasteiger partial charge < -0.3 is 13.7 Å². The minimum Gasteiger partial charge on any atom is -0.456 e. The summed E-state index contributed by atoms with van der Waals surface area (Å²) in [7, 11) is 0. The van der Waals surface area contributed by atoms with Gasteiger partial charge in [-0.3, -0.25) is 9.59 Å². The Kier molecular flexibility index (Phi) is 6.44. The number of aromatic nitrogens is 4. The summed E-state index contributed by atoms with van der Waals surface area (Å²) < 4.78 is 51.3. The molecule has 0 aliphatic carbocycles. The molecule has 34 heavy (non-hydrogen) atoms. The number of benzene rings is 2. The monoisotopic (exact) mass is 472 g/mol. The average Bonchev–Trinajstić information content (AvgIpc) is 3.23. The van der Waals surface area contributed by atoms with E-state index in [0.717, 1.165) is 17.7 Å². The van der Waals surface area contributed by atoms with Gasteiger partial charge in [0.2, 0.25) is 5.89 Å². The Morgan fingerprint density at radius 3 is 2.56 bits per heavy atom. The molecule has 0 saturated heterocycles. The number of nitrogens with zero attached hydrogens (tertiary/aromatic N) is 4. The van der Waals surface area contributed by atoms with E-state index >= 15 is 0 Å². The van der Waals surface area contributed by atoms with Crippen molar-refractivity contribution in [2.24, 2.45) is 0 Å². The van der Waals surface area contributed by atoms with Crippen molar-refractivity contribution in [3.05, 3.63) is 87.5 Å². The fraction of sp³-hybridized carbons (Fsp3) is 0.261. The van der Waals surface area contributed by atoms with Crippen molar-refractivity contribution in [2.45, 2.75) is 39.1 Å². The molecule has 4 rings (SSSR count). The molecule has 176 valence electrons. The molecule has 4 aromatic rings. The first kappa shape index (κ1) is 23.1. The first-order valence-electron chi connectivity index (χ1n) is 10.3. The highest BCUT2D eigenvalue weighted by molar-refractivity contribution is 5.76. The van der Waals surface area contributed by atoms with Crippen LogP contribution in [0.5, 0.6) is 0 Å². The van der Waals surface area contributed by atoms with Gasteiger partial charge in [0.15, 0.2) is 6.61 Å². The molecule has 0 saturated carbocycles. The lowest BCUT2D eigenvalue weighted by Gasteiger charge is -2.14. The van der Waals surface area contributed by atoms with Gasteiger partial charge in [0, 0.05) is 13.3 Å². The van der Waals surface area contributed by atoms with Crippen LogP contribution >= 0.6 is 0 Å². The largest absolute Gasteiger partial charge is 0.456 e. The molecule has 8 nitrogen and oxygen atoms in total. The summed E-state index contributed by atoms with van der Waals surface area (Å²) in [5, 5.41) is 7.34. The van der Waals surface area contributed by atoms with E-state index < -0.39 is 23.3 Å². The van der Waals surface area contributed by atoms with Crippen LogP contribution in [0.1, 0.15) is 35.0 Å². The van der Waals surface area contributed by atoms with Crippen molar-refractivity contribution >= 4 is 17.0 Å². The van der Waals surface area contributed by atoms with Crippen LogP contribution in [0.4, 0.5) is 13.2 Å². The molecule has 2 aromatic carbocycles. The maximum absolute atomic E-state index is 13.2. The molecule has 0 unspecified atom stereocenters. The Balaban J connectivity index is 1.62. The Labute approximate surface area is 191 Å². The maximum atomic E-state index is 13.2. The molecule has 0 aliphatic rings. The van der Waals surface area contributed by atoms with Crippen molar-refractivity contribution in [1.82, 2.24) is 19.7 Å². The van der Waals surface area contributed by atoms with Gasteiger partial charge in [0.05, 0.1) is 29.6 Å². The number of hydrogen-bond acceptors (Lipinski definition) is 7. The summed E-state index contributed by atoms with van der Waals surface area (Å²) >= 11 is 0. The van der Waals surface area contributed by atoms with Crippen LogP contribution in [0.25, 0.3) is 11.0 Å². The Hall–Kier alpha value is -4.02. The lowest BCUT2D eigenvalue weighted by molar-refractivity contribution is -0.145. The van der Waals surface area contributed by atoms with Gasteiger partial charge in [-0.25, -0.2) is 4.98 Å². The summed E-state index contributed by atoms with van der Waals surface area (Å²) in [5.74, 6) is -0.195. The molecule has 0 fully saturated rings. The first-order valence-corrected chi connectivity index (χ1v) is 10.3. The van der Waals surface area contributed by atoms with Crippen LogP contribution in [-0.4, -0.2) is 25.7 Å². The van der Waals surface area contributed by atoms with Crippen LogP contribution in [0.15, 0.2) is 57.7 Å². The lowest BCUT2D eigenvalue weighted by atomic mass is 10.1. The van der Waals surface area contributed by atoms with Gasteiger partial charge in [-0.2, -0.15) is 13.2 Å². The third kappa shape index (κ3) is 5.30. The molecule has 0 atom stereocenters. The van der Waals surface area contributed by atoms with Crippen molar-refractivity contribution in [3.63, 3.8) is 0 Å². The molecule has 0 bridgehead atoms. The Bertz CT molecular complexity index is 1380. The second-order valence-electron chi connectivity index (χ2n) is 7.51. The van der Waals surface area contributed by atoms with Crippen molar-refractivity contribution < 1.29 is 27.1 Å². The maximum Gasteiger partial charge on any atom is 0.416 e. The van der Waals surface area contributed by atoms with Crippen LogP contribution in [0, 0.1) is 6.92 Å². The van der Waals surface area contributed by atoms with Crippen LogP contribution < -0.4 is 5.56 Å². The van der Waals surface area contributed by atoms with E-state index in [0.29, 0.717) is 5.89 Å². The number of aryl methyl sites for hydroxylation is 2. The van der Waals surface area contributed by atoms with E-state index in [1.807, 2.05) is 6.07 Å². The molecule has 0 aliphatic heterocycles. The molecule has 0 N–H and O–H groups in total. The van der Waals surface area contributed by atoms with E-state index in [-0.39, 0.29) is 48.6 Å². The summed E-state index contributed by atoms with van der Waals surface area (Å²) in [6.07, 6.45) is -4.87. The molecule has 11 heteroatoms. The van der Waals surface area contributed by atoms with E-state index in [1.54, 1.807) is 31.2 Å². The van der Waals surface area contributed by atoms with Gasteiger partial charge in [0.25, 0.3) is 11.4 Å². The minimum absolute atomic E-state index is 0.00931. The third-order valence-electron chi connectivity index (χ3n) is 5.01. The number of carbonyl (C=O) groups is 1. The summed E-state index contributed by atoms with van der Waals surface area (Å²) in [6.45, 7) is 1.50. The normalized spacial score (nSPS) is 11.6. The molecule has 0 spiro atoms. The zero-order valence-electron chi connectivity index (χ0n) is 18.0. The summed E-state index contributed by atoms with van der Waals surface area (Å²) in [5.41, 5.74) is -0.338. The van der Waals surface area contributed by atoms with E-state index in [4.69, 9.17) is 9.15 Å². The van der Waals surface area contributed by atoms with Gasteiger partial charge in [0.1, 0.15) is 5.69 Å². The topological polar surface area (TPSA) is 100 Å². The van der Waals surface area contributed by atoms with Crippen molar-refractivity contribution in [3.8, 4) is 0 Å². The van der Waals surface area contributed by atoms with Crippen LogP contribution in [-0.2, 0) is 35.3 Å². The molecule has 2 aromatic heterocycles. The quantitative estimate of drug-likeness (QED) is 0.377. The van der Waals surface area contributed by atoms with Gasteiger partial charge >= 0.3 is 12.1 Å². The summed E-state index contributed by atoms with van der Waals surface area (Å²) in [4.78, 5) is 29.5. The highest BCUT2D eigenvalue weighted by atomic mass is 19.4. The standard InChI is InChI=1S/C23H19F3N4O4/c1-14-28-29-20(34-14)13-33-21(31)10-8-17-22(32)30(12-15-5-3-2-4-6-15)19-9-7-16(23(24,25)26)11-18(19)27-17/h2-7,9,11H,8,10,12-13H2,1H3. The summed E-state index contributed by atoms with van der Waals surface area (Å²) in [6, 6.07) is 12.1. The number of ether oxygens (including phenoxy) is 1. The zero-order chi connectivity index (χ0) is 24.3. The fourth-order valence-electron chi connectivity index (χ4n) is 3.39. The molecule has 0 amide bonds. The first-order chi connectivity index (χ1) is 16.2. The predicted molar refractivity (Wildman–Crippen MR) is 114 cm³/mol. The smallest absolute Gasteiger partial charge is 0.416 e. The molecule has 0 radical (unpaired) electrons. The zero-order valence-corrected chi connectivity index (χ0v) is 18.0. The second kappa shape index (κ2) is 9.46. The highest BCUT2D eigenvalue weighted by Crippen LogP contribution is 2.31. The third-order valence-corrected chi connectivity index (χ3v) is 5.01. The number of carbonyl (C=O) groups excluding carboxylic acids is 1. The lowest BCUT2D eigenvalue weighted by Crippen LogP contribution is -2.27. The fourth-order valence-corrected chi connectivity index (χ4v) is 3.39. The minimum atomic E-state index is -4.56. The van der Waals surface area contributed by atoms with E-state index in [1.165, 1.54) is 10.6 Å². The SMILES string of the molecule is Cc1nnc(COC(=O)CCc2nc3cc(C(F)(F)F)ccc3n(Cc3ccccc3)c2=O)o1. The second-order valence-corrected chi connectivity index (χ2v) is 7.51. The number of esters is 1. The number of hydrogen-bond donors (Lipinski definition) is 0. The number of alkyl halides is 3. The molecule has 2 heterocycles. The van der Waals surface area contributed by atoms with Gasteiger partial charge in [-0.05, 0) is 23.8 Å². The average molecular weight is 472 g/mol. The van der Waals surface area contributed by atoms with Gasteiger partial charge in [-0.1, -0.05) is 30.3 Å². The van der Waals surface area contributed by atoms with Crippen LogP contribution in [0.3, 0.4) is 0 Å². The number of fused-ring (bicyclic) bond motifs is 1. The highest BCUT2D eigenvalue weighted by Gasteiger charge is 2.31. The Morgan fingerprint density at radius 1 is 1.12 bits per heavy atom. The molecular weight excluding hydrogens is 453 g/mol. The van der Waals surface area contributed by atoms with Crippen molar-refractivity contribution in [2.75, 3.05) is 0 Å². The van der Waals surface area contributed by atoms with E-state index in [2.05, 4.69) is 15.2 Å². The Morgan fingerprint density at radius 2 is 1.88 bits per heavy atom. The van der Waals surface area contributed by atoms with Gasteiger partial charge in [-0.15, -0.1) is 10.2 Å².